The van der Waals surface area contributed by atoms with Crippen LogP contribution >= 0.6 is 0 Å². The minimum absolute atomic E-state index is 0.0510. The van der Waals surface area contributed by atoms with Crippen molar-refractivity contribution in [2.45, 2.75) is 26.7 Å². The largest absolute Gasteiger partial charge is 0.494 e. The first kappa shape index (κ1) is 12.5. The van der Waals surface area contributed by atoms with Crippen LogP contribution in [0.4, 0.5) is 0 Å². The predicted octanol–water partition coefficient (Wildman–Crippen LogP) is 3.58. The average molecular weight is 218 g/mol. The Kier molecular flexibility index (Phi) is 4.29. The molecule has 2 nitrogen and oxygen atoms in total. The lowest BCUT2D eigenvalue weighted by Gasteiger charge is -2.13. The number of hydrogen-bond donors (Lipinski definition) is 0. The molecule has 0 unspecified atom stereocenters. The number of hydrogen-bond acceptors (Lipinski definition) is 2. The van der Waals surface area contributed by atoms with Crippen molar-refractivity contribution in [1.29, 1.82) is 0 Å². The fraction of sp³-hybridized carbons (Fsp3) is 0.357. The van der Waals surface area contributed by atoms with Crippen molar-refractivity contribution in [3.05, 3.63) is 42.0 Å². The van der Waals surface area contributed by atoms with Gasteiger partial charge in [0.15, 0.2) is 5.78 Å². The summed E-state index contributed by atoms with van der Waals surface area (Å²) in [6.45, 7) is 10.2. The lowest BCUT2D eigenvalue weighted by atomic mass is 9.98. The Morgan fingerprint density at radius 1 is 1.50 bits per heavy atom. The van der Waals surface area contributed by atoms with E-state index in [0.29, 0.717) is 18.1 Å². The molecule has 0 radical (unpaired) electrons. The van der Waals surface area contributed by atoms with Crippen LogP contribution in [-0.4, -0.2) is 12.4 Å². The van der Waals surface area contributed by atoms with Gasteiger partial charge in [-0.15, -0.1) is 0 Å². The highest BCUT2D eigenvalue weighted by molar-refractivity contribution is 6.04. The lowest BCUT2D eigenvalue weighted by Crippen LogP contribution is -2.01. The monoisotopic (exact) mass is 218 g/mol. The van der Waals surface area contributed by atoms with Crippen molar-refractivity contribution < 1.29 is 9.53 Å². The molecule has 0 saturated carbocycles. The van der Waals surface area contributed by atoms with Crippen LogP contribution in [0.5, 0.6) is 5.75 Å². The van der Waals surface area contributed by atoms with E-state index in [1.807, 2.05) is 19.1 Å². The van der Waals surface area contributed by atoms with Gasteiger partial charge in [0.25, 0.3) is 0 Å². The van der Waals surface area contributed by atoms with Crippen LogP contribution < -0.4 is 4.74 Å². The predicted molar refractivity (Wildman–Crippen MR) is 66.2 cm³/mol. The van der Waals surface area contributed by atoms with Gasteiger partial charge in [0.1, 0.15) is 5.75 Å². The van der Waals surface area contributed by atoms with Gasteiger partial charge in [-0.05, 0) is 42.7 Å². The fourth-order valence-electron chi connectivity index (χ4n) is 1.56. The molecule has 1 aromatic carbocycles. The molecule has 0 aliphatic heterocycles. The van der Waals surface area contributed by atoms with E-state index < -0.39 is 0 Å². The van der Waals surface area contributed by atoms with Gasteiger partial charge >= 0.3 is 0 Å². The molecule has 0 amide bonds. The van der Waals surface area contributed by atoms with E-state index in [4.69, 9.17) is 4.74 Å². The zero-order valence-electron chi connectivity index (χ0n) is 10.1. The second-order valence-electron chi connectivity index (χ2n) is 3.91. The molecule has 1 aromatic rings. The van der Waals surface area contributed by atoms with Gasteiger partial charge in [0, 0.05) is 5.56 Å². The number of rotatable bonds is 5. The highest BCUT2D eigenvalue weighted by atomic mass is 16.5. The summed E-state index contributed by atoms with van der Waals surface area (Å²) < 4.78 is 5.53. The summed E-state index contributed by atoms with van der Waals surface area (Å²) in [6.07, 6.45) is 1.33. The number of allylic oxidation sites excluding steroid dienone is 1. The summed E-state index contributed by atoms with van der Waals surface area (Å²) in [4.78, 5) is 11.5. The Balaban J connectivity index is 3.16. The number of ketones is 1. The second kappa shape index (κ2) is 5.50. The molecule has 0 fully saturated rings. The molecular weight excluding hydrogens is 200 g/mol. The maximum Gasteiger partial charge on any atom is 0.185 e. The zero-order valence-corrected chi connectivity index (χ0v) is 10.1. The molecule has 0 saturated heterocycles. The lowest BCUT2D eigenvalue weighted by molar-refractivity contribution is 0.104. The van der Waals surface area contributed by atoms with Gasteiger partial charge in [0.05, 0.1) is 6.61 Å². The topological polar surface area (TPSA) is 26.3 Å². The fourth-order valence-corrected chi connectivity index (χ4v) is 1.56. The minimum Gasteiger partial charge on any atom is -0.494 e. The molecule has 0 bridgehead atoms. The first-order valence-corrected chi connectivity index (χ1v) is 5.53. The summed E-state index contributed by atoms with van der Waals surface area (Å²) in [5.74, 6) is 1.14. The summed E-state index contributed by atoms with van der Waals surface area (Å²) >= 11 is 0. The number of benzene rings is 1. The highest BCUT2D eigenvalue weighted by Crippen LogP contribution is 2.27. The maximum absolute atomic E-state index is 11.5. The summed E-state index contributed by atoms with van der Waals surface area (Å²) in [7, 11) is 0. The van der Waals surface area contributed by atoms with Gasteiger partial charge < -0.3 is 4.74 Å². The first-order valence-electron chi connectivity index (χ1n) is 5.53. The van der Waals surface area contributed by atoms with Crippen LogP contribution in [0.25, 0.3) is 0 Å². The summed E-state index contributed by atoms with van der Waals surface area (Å²) in [6, 6.07) is 5.52. The zero-order chi connectivity index (χ0) is 12.1. The van der Waals surface area contributed by atoms with E-state index >= 15 is 0 Å². The first-order chi connectivity index (χ1) is 7.60. The summed E-state index contributed by atoms with van der Waals surface area (Å²) in [5, 5.41) is 0. The molecule has 0 N–H and O–H groups in total. The van der Waals surface area contributed by atoms with Crippen LogP contribution in [-0.2, 0) is 0 Å². The normalized spacial score (nSPS) is 10.2. The van der Waals surface area contributed by atoms with Crippen molar-refractivity contribution in [1.82, 2.24) is 0 Å². The number of carbonyl (C=O) groups excluding carboxylic acids is 1. The Morgan fingerprint density at radius 2 is 2.19 bits per heavy atom. The van der Waals surface area contributed by atoms with Gasteiger partial charge in [-0.25, -0.2) is 0 Å². The van der Waals surface area contributed by atoms with Crippen molar-refractivity contribution in [2.75, 3.05) is 6.61 Å². The van der Waals surface area contributed by atoms with Crippen molar-refractivity contribution >= 4 is 5.78 Å². The van der Waals surface area contributed by atoms with Crippen LogP contribution in [0.2, 0.25) is 0 Å². The smallest absolute Gasteiger partial charge is 0.185 e. The molecule has 86 valence electrons. The molecule has 0 heterocycles. The van der Waals surface area contributed by atoms with E-state index in [9.17, 15) is 4.79 Å². The Bertz CT molecular complexity index is 392. The van der Waals surface area contributed by atoms with E-state index in [1.165, 1.54) is 6.08 Å². The molecule has 0 atom stereocenters. The molecular formula is C14H18O2. The van der Waals surface area contributed by atoms with Crippen molar-refractivity contribution in [2.24, 2.45) is 0 Å². The standard InChI is InChI=1S/C14H18O2/c1-5-13(15)11-7-8-14(16-6-2)12(9-11)10(3)4/h5,7-10H,1,6H2,2-4H3. The average Bonchev–Trinajstić information content (AvgIpc) is 2.28. The molecule has 0 aliphatic rings. The van der Waals surface area contributed by atoms with Crippen LogP contribution in [0.3, 0.4) is 0 Å². The molecule has 0 spiro atoms. The Labute approximate surface area is 96.9 Å². The van der Waals surface area contributed by atoms with Gasteiger partial charge in [-0.1, -0.05) is 20.4 Å². The Hall–Kier alpha value is -1.57. The third kappa shape index (κ3) is 2.72. The molecule has 16 heavy (non-hydrogen) atoms. The van der Waals surface area contributed by atoms with E-state index in [1.54, 1.807) is 6.07 Å². The summed E-state index contributed by atoms with van der Waals surface area (Å²) in [5.41, 5.74) is 1.73. The van der Waals surface area contributed by atoms with Crippen LogP contribution in [0.15, 0.2) is 30.9 Å². The number of ether oxygens (including phenoxy) is 1. The van der Waals surface area contributed by atoms with Crippen LogP contribution in [0, 0.1) is 0 Å². The molecule has 0 aliphatic carbocycles. The molecule has 1 rings (SSSR count). The van der Waals surface area contributed by atoms with Gasteiger partial charge in [-0.2, -0.15) is 0 Å². The minimum atomic E-state index is -0.0510. The van der Waals surface area contributed by atoms with Crippen LogP contribution in [0.1, 0.15) is 42.6 Å². The van der Waals surface area contributed by atoms with Gasteiger partial charge in [-0.3, -0.25) is 4.79 Å². The third-order valence-corrected chi connectivity index (χ3v) is 2.40. The maximum atomic E-state index is 11.5. The Morgan fingerprint density at radius 3 is 2.69 bits per heavy atom. The van der Waals surface area contributed by atoms with E-state index in [-0.39, 0.29) is 5.78 Å². The van der Waals surface area contributed by atoms with Gasteiger partial charge in [0.2, 0.25) is 0 Å². The highest BCUT2D eigenvalue weighted by Gasteiger charge is 2.11. The SMILES string of the molecule is C=CC(=O)c1ccc(OCC)c(C(C)C)c1. The third-order valence-electron chi connectivity index (χ3n) is 2.40. The quantitative estimate of drug-likeness (QED) is 0.557. The second-order valence-corrected chi connectivity index (χ2v) is 3.91. The van der Waals surface area contributed by atoms with Crippen molar-refractivity contribution in [3.8, 4) is 5.75 Å². The van der Waals surface area contributed by atoms with Crippen molar-refractivity contribution in [3.63, 3.8) is 0 Å². The molecule has 0 aromatic heterocycles. The van der Waals surface area contributed by atoms with E-state index in [2.05, 4.69) is 20.4 Å². The van der Waals surface area contributed by atoms with E-state index in [0.717, 1.165) is 11.3 Å². The number of carbonyl (C=O) groups is 1. The molecule has 2 heteroatoms.